The molecule has 0 radical (unpaired) electrons. The molecule has 0 bridgehead atoms. The van der Waals surface area contributed by atoms with Crippen molar-refractivity contribution in [2.75, 3.05) is 0 Å². The second-order valence-corrected chi connectivity index (χ2v) is 7.62. The summed E-state index contributed by atoms with van der Waals surface area (Å²) in [5.74, 6) is 0.837. The molecule has 0 aliphatic heterocycles. The Morgan fingerprint density at radius 2 is 1.65 bits per heavy atom. The lowest BCUT2D eigenvalue weighted by Gasteiger charge is -2.29. The zero-order valence-corrected chi connectivity index (χ0v) is 17.2. The van der Waals surface area contributed by atoms with Gasteiger partial charge in [0.1, 0.15) is 17.4 Å². The van der Waals surface area contributed by atoms with Gasteiger partial charge in [-0.3, -0.25) is 0 Å². The van der Waals surface area contributed by atoms with Gasteiger partial charge in [-0.05, 0) is 43.2 Å². The molecule has 3 heteroatoms. The van der Waals surface area contributed by atoms with Crippen molar-refractivity contribution in [1.29, 1.82) is 0 Å². The molecule has 1 aromatic carbocycles. The molecule has 3 unspecified atom stereocenters. The molecule has 0 spiro atoms. The number of para-hydroxylation sites is 1. The van der Waals surface area contributed by atoms with Crippen molar-refractivity contribution >= 4 is 5.97 Å². The van der Waals surface area contributed by atoms with Crippen LogP contribution in [0, 0.1) is 11.8 Å². The summed E-state index contributed by atoms with van der Waals surface area (Å²) in [6.45, 7) is 9.00. The van der Waals surface area contributed by atoms with Gasteiger partial charge in [0.2, 0.25) is 0 Å². The van der Waals surface area contributed by atoms with E-state index in [4.69, 9.17) is 4.74 Å². The third kappa shape index (κ3) is 7.80. The number of hydrogen-bond acceptors (Lipinski definition) is 2. The first kappa shape index (κ1) is 22.5. The minimum absolute atomic E-state index is 0.0961. The molecule has 0 aliphatic rings. The van der Waals surface area contributed by atoms with E-state index in [9.17, 15) is 9.90 Å². The maximum absolute atomic E-state index is 11.5. The number of hydrogen-bond donors (Lipinski definition) is 1. The molecule has 1 rings (SSSR count). The predicted molar refractivity (Wildman–Crippen MR) is 109 cm³/mol. The van der Waals surface area contributed by atoms with Gasteiger partial charge >= 0.3 is 5.97 Å². The third-order valence-electron chi connectivity index (χ3n) is 5.23. The Balaban J connectivity index is 2.83. The zero-order valence-electron chi connectivity index (χ0n) is 17.2. The van der Waals surface area contributed by atoms with E-state index in [1.165, 1.54) is 32.1 Å². The van der Waals surface area contributed by atoms with E-state index < -0.39 is 5.97 Å². The van der Waals surface area contributed by atoms with Crippen molar-refractivity contribution < 1.29 is 14.6 Å². The summed E-state index contributed by atoms with van der Waals surface area (Å²) >= 11 is 0. The highest BCUT2D eigenvalue weighted by atomic mass is 16.5. The lowest BCUT2D eigenvalue weighted by atomic mass is 9.86. The van der Waals surface area contributed by atoms with Gasteiger partial charge in [0.05, 0.1) is 0 Å². The number of carbonyl (C=O) groups is 1. The van der Waals surface area contributed by atoms with Crippen molar-refractivity contribution in [3.05, 3.63) is 29.8 Å². The van der Waals surface area contributed by atoms with E-state index >= 15 is 0 Å². The number of rotatable bonds is 14. The van der Waals surface area contributed by atoms with E-state index in [-0.39, 0.29) is 11.7 Å². The number of benzene rings is 1. The van der Waals surface area contributed by atoms with Gasteiger partial charge in [-0.1, -0.05) is 78.4 Å². The minimum atomic E-state index is -0.920. The summed E-state index contributed by atoms with van der Waals surface area (Å²) in [6.07, 6.45) is 10.7. The van der Waals surface area contributed by atoms with Crippen LogP contribution in [-0.2, 0) is 0 Å². The van der Waals surface area contributed by atoms with Crippen molar-refractivity contribution in [3.63, 3.8) is 0 Å². The van der Waals surface area contributed by atoms with Crippen LogP contribution in [0.2, 0.25) is 0 Å². The second-order valence-electron chi connectivity index (χ2n) is 7.62. The molecule has 3 atom stereocenters. The van der Waals surface area contributed by atoms with Crippen molar-refractivity contribution in [2.45, 2.75) is 91.6 Å². The first-order valence-electron chi connectivity index (χ1n) is 10.5. The van der Waals surface area contributed by atoms with Gasteiger partial charge in [-0.2, -0.15) is 0 Å². The summed E-state index contributed by atoms with van der Waals surface area (Å²) in [7, 11) is 0. The summed E-state index contributed by atoms with van der Waals surface area (Å²) in [5, 5.41) is 9.43. The van der Waals surface area contributed by atoms with E-state index in [2.05, 4.69) is 27.7 Å². The Morgan fingerprint density at radius 1 is 0.962 bits per heavy atom. The highest BCUT2D eigenvalue weighted by molar-refractivity contribution is 5.90. The molecule has 0 aliphatic carbocycles. The number of unbranched alkanes of at least 4 members (excludes halogenated alkanes) is 1. The molecule has 0 fully saturated rings. The monoisotopic (exact) mass is 362 g/mol. The lowest BCUT2D eigenvalue weighted by molar-refractivity contribution is 0.0676. The summed E-state index contributed by atoms with van der Waals surface area (Å²) in [5.41, 5.74) is 0.264. The fraction of sp³-hybridized carbons (Fsp3) is 0.696. The quantitative estimate of drug-likeness (QED) is 0.389. The molecule has 0 heterocycles. The second kappa shape index (κ2) is 12.8. The maximum Gasteiger partial charge on any atom is 0.339 e. The molecule has 0 saturated heterocycles. The molecule has 1 aromatic rings. The van der Waals surface area contributed by atoms with E-state index in [0.717, 1.165) is 31.6 Å². The summed E-state index contributed by atoms with van der Waals surface area (Å²) in [4.78, 5) is 11.5. The first-order chi connectivity index (χ1) is 12.5. The van der Waals surface area contributed by atoms with Gasteiger partial charge in [0.25, 0.3) is 0 Å². The molecule has 1 N–H and O–H groups in total. The Kier molecular flexibility index (Phi) is 11.1. The Morgan fingerprint density at radius 3 is 2.27 bits per heavy atom. The number of aromatic carboxylic acids is 1. The molecule has 0 aromatic heterocycles. The average Bonchev–Trinajstić information content (AvgIpc) is 2.63. The fourth-order valence-corrected chi connectivity index (χ4v) is 3.67. The molecular weight excluding hydrogens is 324 g/mol. The van der Waals surface area contributed by atoms with Crippen molar-refractivity contribution in [2.24, 2.45) is 11.8 Å². The molecule has 148 valence electrons. The number of carboxylic acid groups (broad SMARTS) is 1. The van der Waals surface area contributed by atoms with Crippen molar-refractivity contribution in [3.8, 4) is 5.75 Å². The lowest BCUT2D eigenvalue weighted by Crippen LogP contribution is -2.28. The standard InChI is InChI=1S/C23H38O3/c1-5-8-13-18(4)16-17-19(11-6-2)21(12-7-3)26-22-15-10-9-14-20(22)23(24)25/h9-10,14-15,18-19,21H,5-8,11-13,16-17H2,1-4H3,(H,24,25). The predicted octanol–water partition coefficient (Wildman–Crippen LogP) is 6.96. The zero-order chi connectivity index (χ0) is 19.4. The van der Waals surface area contributed by atoms with Crippen LogP contribution < -0.4 is 4.74 Å². The Bertz CT molecular complexity index is 512. The maximum atomic E-state index is 11.5. The van der Waals surface area contributed by atoms with Crippen LogP contribution in [0.5, 0.6) is 5.75 Å². The normalized spacial score (nSPS) is 14.6. The molecule has 26 heavy (non-hydrogen) atoms. The molecule has 0 saturated carbocycles. The highest BCUT2D eigenvalue weighted by Gasteiger charge is 2.24. The summed E-state index contributed by atoms with van der Waals surface area (Å²) in [6, 6.07) is 7.03. The molecule has 0 amide bonds. The van der Waals surface area contributed by atoms with Gasteiger partial charge < -0.3 is 9.84 Å². The van der Waals surface area contributed by atoms with Crippen LogP contribution in [-0.4, -0.2) is 17.2 Å². The van der Waals surface area contributed by atoms with E-state index in [1.54, 1.807) is 18.2 Å². The van der Waals surface area contributed by atoms with Crippen LogP contribution in [0.3, 0.4) is 0 Å². The smallest absolute Gasteiger partial charge is 0.339 e. The van der Waals surface area contributed by atoms with E-state index in [1.807, 2.05) is 6.07 Å². The minimum Gasteiger partial charge on any atom is -0.489 e. The highest BCUT2D eigenvalue weighted by Crippen LogP contribution is 2.30. The average molecular weight is 363 g/mol. The number of ether oxygens (including phenoxy) is 1. The van der Waals surface area contributed by atoms with Gasteiger partial charge in [-0.15, -0.1) is 0 Å². The van der Waals surface area contributed by atoms with Crippen molar-refractivity contribution in [1.82, 2.24) is 0 Å². The third-order valence-corrected chi connectivity index (χ3v) is 5.23. The SMILES string of the molecule is CCCCC(C)CCC(CCC)C(CCC)Oc1ccccc1C(=O)O. The largest absolute Gasteiger partial charge is 0.489 e. The topological polar surface area (TPSA) is 46.5 Å². The van der Waals surface area contributed by atoms with Crippen LogP contribution in [0.25, 0.3) is 0 Å². The molecule has 3 nitrogen and oxygen atoms in total. The number of carboxylic acids is 1. The van der Waals surface area contributed by atoms with Crippen LogP contribution in [0.15, 0.2) is 24.3 Å². The Hall–Kier alpha value is -1.51. The van der Waals surface area contributed by atoms with E-state index in [0.29, 0.717) is 11.7 Å². The summed E-state index contributed by atoms with van der Waals surface area (Å²) < 4.78 is 6.29. The fourth-order valence-electron chi connectivity index (χ4n) is 3.67. The van der Waals surface area contributed by atoms with Crippen LogP contribution in [0.1, 0.15) is 95.8 Å². The van der Waals surface area contributed by atoms with Gasteiger partial charge in [0, 0.05) is 0 Å². The Labute approximate surface area is 160 Å². The first-order valence-corrected chi connectivity index (χ1v) is 10.5. The van der Waals surface area contributed by atoms with Gasteiger partial charge in [-0.25, -0.2) is 4.79 Å². The van der Waals surface area contributed by atoms with Crippen LogP contribution in [0.4, 0.5) is 0 Å². The van der Waals surface area contributed by atoms with Crippen LogP contribution >= 0.6 is 0 Å². The molecular formula is C23H38O3. The van der Waals surface area contributed by atoms with Gasteiger partial charge in [0.15, 0.2) is 0 Å².